The summed E-state index contributed by atoms with van der Waals surface area (Å²) in [4.78, 5) is 24.8. The van der Waals surface area contributed by atoms with Gasteiger partial charge < -0.3 is 23.9 Å². The lowest BCUT2D eigenvalue weighted by molar-refractivity contribution is -0.123. The quantitative estimate of drug-likeness (QED) is 0.642. The summed E-state index contributed by atoms with van der Waals surface area (Å²) in [6.45, 7) is 2.77. The third-order valence-electron chi connectivity index (χ3n) is 4.87. The molecule has 7 nitrogen and oxygen atoms in total. The summed E-state index contributed by atoms with van der Waals surface area (Å²) < 4.78 is 22.5. The molecule has 1 saturated heterocycles. The zero-order valence-corrected chi connectivity index (χ0v) is 16.7. The molecule has 0 saturated carbocycles. The van der Waals surface area contributed by atoms with Crippen LogP contribution in [0.3, 0.4) is 0 Å². The first-order valence-electron chi connectivity index (χ1n) is 9.91. The number of rotatable bonds is 7. The van der Waals surface area contributed by atoms with E-state index >= 15 is 0 Å². The lowest BCUT2D eigenvalue weighted by Gasteiger charge is -2.12. The number of benzene rings is 2. The van der Waals surface area contributed by atoms with Crippen molar-refractivity contribution in [3.63, 3.8) is 0 Å². The maximum Gasteiger partial charge on any atom is 0.258 e. The Kier molecular flexibility index (Phi) is 5.99. The molecule has 30 heavy (non-hydrogen) atoms. The van der Waals surface area contributed by atoms with Crippen molar-refractivity contribution in [3.8, 4) is 17.2 Å². The lowest BCUT2D eigenvalue weighted by Crippen LogP contribution is -2.35. The molecule has 7 heteroatoms. The van der Waals surface area contributed by atoms with Crippen molar-refractivity contribution < 1.29 is 23.4 Å². The molecule has 156 valence electrons. The van der Waals surface area contributed by atoms with Gasteiger partial charge >= 0.3 is 0 Å². The van der Waals surface area contributed by atoms with Crippen LogP contribution in [0.2, 0.25) is 0 Å². The van der Waals surface area contributed by atoms with Crippen molar-refractivity contribution in [1.29, 1.82) is 0 Å². The summed E-state index contributed by atoms with van der Waals surface area (Å²) in [6.07, 6.45) is 2.07. The molecular weight excluding hydrogens is 386 g/mol. The van der Waals surface area contributed by atoms with Gasteiger partial charge in [-0.05, 0) is 44.0 Å². The van der Waals surface area contributed by atoms with Gasteiger partial charge in [-0.15, -0.1) is 0 Å². The first-order chi connectivity index (χ1) is 14.6. The van der Waals surface area contributed by atoms with Crippen LogP contribution < -0.4 is 20.2 Å². The van der Waals surface area contributed by atoms with Crippen molar-refractivity contribution in [3.05, 3.63) is 64.5 Å². The Labute approximate surface area is 173 Å². The van der Waals surface area contributed by atoms with Crippen LogP contribution in [0.15, 0.2) is 57.7 Å². The first kappa shape index (κ1) is 20.0. The second kappa shape index (κ2) is 9.00. The van der Waals surface area contributed by atoms with E-state index in [2.05, 4.69) is 5.32 Å². The van der Waals surface area contributed by atoms with E-state index in [9.17, 15) is 9.59 Å². The largest absolute Gasteiger partial charge is 0.484 e. The number of hydrogen-bond donors (Lipinski definition) is 1. The van der Waals surface area contributed by atoms with Crippen molar-refractivity contribution in [2.75, 3.05) is 19.8 Å². The number of ether oxygens (including phenoxy) is 3. The van der Waals surface area contributed by atoms with Crippen LogP contribution in [0.25, 0.3) is 11.0 Å². The third-order valence-corrected chi connectivity index (χ3v) is 4.87. The molecule has 2 heterocycles. The zero-order chi connectivity index (χ0) is 20.9. The Morgan fingerprint density at radius 1 is 1.17 bits per heavy atom. The summed E-state index contributed by atoms with van der Waals surface area (Å²) in [5, 5.41) is 3.18. The van der Waals surface area contributed by atoms with Gasteiger partial charge in [-0.2, -0.15) is 0 Å². The van der Waals surface area contributed by atoms with Crippen molar-refractivity contribution in [2.45, 2.75) is 25.9 Å². The van der Waals surface area contributed by atoms with Crippen molar-refractivity contribution in [1.82, 2.24) is 5.32 Å². The molecule has 0 aliphatic carbocycles. The van der Waals surface area contributed by atoms with E-state index in [4.69, 9.17) is 18.6 Å². The zero-order valence-electron chi connectivity index (χ0n) is 16.7. The standard InChI is InChI=1S/C23H23NO6/c1-15-23(30-16-6-3-2-4-7-16)22(26)19-10-9-17(12-20(19)29-15)28-14-21(25)24-13-18-8-5-11-27-18/h2-4,6-7,9-10,12,18H,5,8,11,13-14H2,1H3,(H,24,25)/t18-/m0/s1. The van der Waals surface area contributed by atoms with E-state index in [1.54, 1.807) is 37.3 Å². The van der Waals surface area contributed by atoms with E-state index in [1.807, 2.05) is 18.2 Å². The number of amides is 1. The topological polar surface area (TPSA) is 87.0 Å². The Morgan fingerprint density at radius 2 is 2.00 bits per heavy atom. The van der Waals surface area contributed by atoms with Gasteiger partial charge in [0.2, 0.25) is 11.2 Å². The molecule has 4 rings (SSSR count). The molecule has 1 aliphatic heterocycles. The number of para-hydroxylation sites is 1. The lowest BCUT2D eigenvalue weighted by atomic mass is 10.2. The molecule has 0 bridgehead atoms. The van der Waals surface area contributed by atoms with Gasteiger partial charge in [0.05, 0.1) is 11.5 Å². The summed E-state index contributed by atoms with van der Waals surface area (Å²) in [5.74, 6) is 1.28. The molecule has 3 aromatic rings. The Balaban J connectivity index is 1.44. The highest BCUT2D eigenvalue weighted by atomic mass is 16.5. The predicted octanol–water partition coefficient (Wildman–Crippen LogP) is 3.57. The number of carbonyl (C=O) groups is 1. The summed E-state index contributed by atoms with van der Waals surface area (Å²) in [7, 11) is 0. The normalized spacial score (nSPS) is 15.8. The van der Waals surface area contributed by atoms with Crippen LogP contribution in [0.5, 0.6) is 17.2 Å². The smallest absolute Gasteiger partial charge is 0.258 e. The number of hydrogen-bond acceptors (Lipinski definition) is 6. The fourth-order valence-electron chi connectivity index (χ4n) is 3.32. The molecule has 0 radical (unpaired) electrons. The van der Waals surface area contributed by atoms with E-state index in [-0.39, 0.29) is 29.8 Å². The molecule has 1 aliphatic rings. The molecule has 0 unspecified atom stereocenters. The van der Waals surface area contributed by atoms with E-state index < -0.39 is 0 Å². The van der Waals surface area contributed by atoms with Crippen LogP contribution in [0.4, 0.5) is 0 Å². The predicted molar refractivity (Wildman–Crippen MR) is 111 cm³/mol. The van der Waals surface area contributed by atoms with Crippen molar-refractivity contribution in [2.24, 2.45) is 0 Å². The second-order valence-corrected chi connectivity index (χ2v) is 7.12. The van der Waals surface area contributed by atoms with Gasteiger partial charge in [-0.25, -0.2) is 0 Å². The van der Waals surface area contributed by atoms with E-state index in [1.165, 1.54) is 0 Å². The molecule has 1 amide bonds. The molecule has 1 aromatic heterocycles. The molecule has 2 aromatic carbocycles. The van der Waals surface area contributed by atoms with Gasteiger partial charge in [0.15, 0.2) is 6.61 Å². The van der Waals surface area contributed by atoms with Crippen LogP contribution in [-0.4, -0.2) is 31.8 Å². The Morgan fingerprint density at radius 3 is 2.77 bits per heavy atom. The minimum Gasteiger partial charge on any atom is -0.484 e. The maximum atomic E-state index is 12.8. The SMILES string of the molecule is Cc1oc2cc(OCC(=O)NC[C@@H]3CCCO3)ccc2c(=O)c1Oc1ccccc1. The molecular formula is C23H23NO6. The Bertz CT molecular complexity index is 1090. The number of aryl methyl sites for hydroxylation is 1. The van der Waals surface area contributed by atoms with Crippen LogP contribution >= 0.6 is 0 Å². The van der Waals surface area contributed by atoms with Gasteiger partial charge in [-0.3, -0.25) is 9.59 Å². The highest BCUT2D eigenvalue weighted by Crippen LogP contribution is 2.27. The number of fused-ring (bicyclic) bond motifs is 1. The van der Waals surface area contributed by atoms with E-state index in [0.717, 1.165) is 19.4 Å². The fourth-order valence-corrected chi connectivity index (χ4v) is 3.32. The highest BCUT2D eigenvalue weighted by Gasteiger charge is 2.17. The minimum atomic E-state index is -0.265. The van der Waals surface area contributed by atoms with E-state index in [0.29, 0.717) is 34.8 Å². The number of nitrogens with one attached hydrogen (secondary N) is 1. The molecule has 0 spiro atoms. The van der Waals surface area contributed by atoms with Crippen LogP contribution in [-0.2, 0) is 9.53 Å². The van der Waals surface area contributed by atoms with Crippen molar-refractivity contribution >= 4 is 16.9 Å². The molecule has 1 fully saturated rings. The maximum absolute atomic E-state index is 12.8. The molecule has 1 atom stereocenters. The van der Waals surface area contributed by atoms with Gasteiger partial charge in [0, 0.05) is 19.2 Å². The average Bonchev–Trinajstić information content (AvgIpc) is 3.28. The van der Waals surface area contributed by atoms with Gasteiger partial charge in [0.25, 0.3) is 5.91 Å². The van der Waals surface area contributed by atoms with Crippen LogP contribution in [0, 0.1) is 6.92 Å². The van der Waals surface area contributed by atoms with Gasteiger partial charge in [0.1, 0.15) is 22.8 Å². The third kappa shape index (κ3) is 4.63. The second-order valence-electron chi connectivity index (χ2n) is 7.12. The molecule has 1 N–H and O–H groups in total. The summed E-state index contributed by atoms with van der Waals surface area (Å²) >= 11 is 0. The first-order valence-corrected chi connectivity index (χ1v) is 9.91. The highest BCUT2D eigenvalue weighted by molar-refractivity contribution is 5.80. The number of carbonyl (C=O) groups excluding carboxylic acids is 1. The minimum absolute atomic E-state index is 0.0826. The van der Waals surface area contributed by atoms with Gasteiger partial charge in [-0.1, -0.05) is 18.2 Å². The summed E-state index contributed by atoms with van der Waals surface area (Å²) in [6, 6.07) is 13.9. The monoisotopic (exact) mass is 409 g/mol. The summed E-state index contributed by atoms with van der Waals surface area (Å²) in [5.41, 5.74) is 0.105. The fraction of sp³-hybridized carbons (Fsp3) is 0.304. The van der Waals surface area contributed by atoms with Crippen LogP contribution in [0.1, 0.15) is 18.6 Å². The Hall–Kier alpha value is -3.32. The average molecular weight is 409 g/mol.